The number of methoxy groups -OCH3 is 1. The number of Topliss-reactive ketones (excluding diaryl/α,β-unsaturated/α-hetero) is 1. The van der Waals surface area contributed by atoms with Gasteiger partial charge in [-0.3, -0.25) is 9.59 Å². The number of hydrogen-bond acceptors (Lipinski definition) is 4. The number of carbonyl (C=O) groups is 2. The van der Waals surface area contributed by atoms with Gasteiger partial charge in [0, 0.05) is 18.3 Å². The largest absolute Gasteiger partial charge is 0.497 e. The van der Waals surface area contributed by atoms with Crippen LogP contribution in [-0.4, -0.2) is 36.8 Å². The van der Waals surface area contributed by atoms with Crippen molar-refractivity contribution in [1.29, 1.82) is 0 Å². The molecule has 1 heterocycles. The molecule has 1 aromatic heterocycles. The molecule has 2 aromatic carbocycles. The third-order valence-corrected chi connectivity index (χ3v) is 7.25. The minimum atomic E-state index is -1.39. The maximum absolute atomic E-state index is 13.2. The third-order valence-electron chi connectivity index (χ3n) is 5.18. The first-order valence-corrected chi connectivity index (χ1v) is 13.8. The van der Waals surface area contributed by atoms with Crippen LogP contribution >= 0.6 is 0 Å². The minimum Gasteiger partial charge on any atom is -0.497 e. The maximum Gasteiger partial charge on any atom is 0.226 e. The zero-order valence-corrected chi connectivity index (χ0v) is 19.4. The highest BCUT2D eigenvalue weighted by atomic mass is 28.3. The molecule has 7 heteroatoms. The minimum absolute atomic E-state index is 0.0659. The molecule has 3 aromatic rings. The van der Waals surface area contributed by atoms with Crippen molar-refractivity contribution in [2.75, 3.05) is 7.11 Å². The highest BCUT2D eigenvalue weighted by Crippen LogP contribution is 2.20. The molecule has 0 aliphatic carbocycles. The number of carbonyl (C=O) groups excluding carboxylic acids is 2. The van der Waals surface area contributed by atoms with Crippen molar-refractivity contribution in [1.82, 2.24) is 15.3 Å². The quantitative estimate of drug-likeness (QED) is 0.506. The summed E-state index contributed by atoms with van der Waals surface area (Å²) in [6, 6.07) is 14.7. The van der Waals surface area contributed by atoms with E-state index in [-0.39, 0.29) is 24.5 Å². The lowest BCUT2D eigenvalue weighted by atomic mass is 9.97. The van der Waals surface area contributed by atoms with Gasteiger partial charge in [0.25, 0.3) is 0 Å². The van der Waals surface area contributed by atoms with Crippen molar-refractivity contribution in [3.63, 3.8) is 0 Å². The molecule has 2 N–H and O–H groups in total. The highest BCUT2D eigenvalue weighted by molar-refractivity contribution is 6.88. The van der Waals surface area contributed by atoms with Crippen molar-refractivity contribution in [3.05, 3.63) is 77.9 Å². The normalized spacial score (nSPS) is 12.3. The molecular weight excluding hydrogens is 406 g/mol. The lowest BCUT2D eigenvalue weighted by Crippen LogP contribution is -2.37. The summed E-state index contributed by atoms with van der Waals surface area (Å²) in [4.78, 5) is 32.7. The van der Waals surface area contributed by atoms with Gasteiger partial charge < -0.3 is 15.0 Å². The summed E-state index contributed by atoms with van der Waals surface area (Å²) in [6.07, 6.45) is 3.50. The molecule has 0 aliphatic rings. The van der Waals surface area contributed by atoms with Crippen LogP contribution in [0.4, 0.5) is 0 Å². The number of amides is 1. The number of nitrogens with one attached hydrogen (secondary N) is 2. The zero-order valence-electron chi connectivity index (χ0n) is 18.4. The van der Waals surface area contributed by atoms with E-state index in [9.17, 15) is 9.59 Å². The van der Waals surface area contributed by atoms with Gasteiger partial charge in [0.05, 0.1) is 27.9 Å². The Morgan fingerprint density at radius 2 is 1.71 bits per heavy atom. The Kier molecular flexibility index (Phi) is 7.07. The fourth-order valence-corrected chi connectivity index (χ4v) is 4.50. The summed E-state index contributed by atoms with van der Waals surface area (Å²) in [6.45, 7) is 6.88. The molecular formula is C24H29N3O3Si. The van der Waals surface area contributed by atoms with Crippen LogP contribution in [-0.2, 0) is 22.4 Å². The molecule has 0 bridgehead atoms. The number of imidazole rings is 1. The van der Waals surface area contributed by atoms with Gasteiger partial charge in [-0.15, -0.1) is 0 Å². The van der Waals surface area contributed by atoms with E-state index in [4.69, 9.17) is 4.74 Å². The number of H-pyrrole nitrogens is 1. The first kappa shape index (κ1) is 22.5. The first-order valence-electron chi connectivity index (χ1n) is 10.3. The van der Waals surface area contributed by atoms with Crippen molar-refractivity contribution >= 4 is 25.0 Å². The van der Waals surface area contributed by atoms with E-state index in [1.807, 2.05) is 24.3 Å². The van der Waals surface area contributed by atoms with Crippen LogP contribution < -0.4 is 15.2 Å². The number of benzene rings is 2. The van der Waals surface area contributed by atoms with E-state index in [1.165, 1.54) is 11.5 Å². The summed E-state index contributed by atoms with van der Waals surface area (Å²) in [5, 5.41) is 4.24. The van der Waals surface area contributed by atoms with Gasteiger partial charge in [0.15, 0.2) is 5.78 Å². The van der Waals surface area contributed by atoms with E-state index in [0.717, 1.165) is 11.1 Å². The van der Waals surface area contributed by atoms with Gasteiger partial charge in [0.1, 0.15) is 11.8 Å². The van der Waals surface area contributed by atoms with E-state index < -0.39 is 14.1 Å². The second-order valence-corrected chi connectivity index (χ2v) is 13.7. The second kappa shape index (κ2) is 9.74. The predicted molar refractivity (Wildman–Crippen MR) is 124 cm³/mol. The second-order valence-electron chi connectivity index (χ2n) is 8.62. The van der Waals surface area contributed by atoms with Crippen LogP contribution in [0.25, 0.3) is 0 Å². The topological polar surface area (TPSA) is 84.1 Å². The molecule has 0 aliphatic heterocycles. The standard InChI is InChI=1S/C24H29N3O3Si/c1-30-20-9-7-18(8-10-20)24(27-23(29)14-19-15-25-16-26-19)22(28)13-17-5-11-21(12-6-17)31(2,3)4/h5-12,15-16,24H,13-14H2,1-4H3,(H,25,26)(H,27,29). The summed E-state index contributed by atoms with van der Waals surface area (Å²) < 4.78 is 5.21. The fourth-order valence-electron chi connectivity index (χ4n) is 3.34. The fraction of sp³-hybridized carbons (Fsp3) is 0.292. The van der Waals surface area contributed by atoms with Crippen molar-refractivity contribution < 1.29 is 14.3 Å². The lowest BCUT2D eigenvalue weighted by Gasteiger charge is -2.19. The Hall–Kier alpha value is -3.19. The van der Waals surface area contributed by atoms with Gasteiger partial charge >= 0.3 is 0 Å². The predicted octanol–water partition coefficient (Wildman–Crippen LogP) is 3.18. The highest BCUT2D eigenvalue weighted by Gasteiger charge is 2.24. The van der Waals surface area contributed by atoms with E-state index >= 15 is 0 Å². The Bertz CT molecular complexity index is 1010. The number of hydrogen-bond donors (Lipinski definition) is 2. The number of nitrogens with zero attached hydrogens (tertiary/aromatic N) is 1. The smallest absolute Gasteiger partial charge is 0.226 e. The van der Waals surface area contributed by atoms with E-state index in [0.29, 0.717) is 11.4 Å². The SMILES string of the molecule is COc1ccc(C(NC(=O)Cc2cnc[nH]2)C(=O)Cc2ccc([Si](C)(C)C)cc2)cc1. The zero-order chi connectivity index (χ0) is 22.4. The van der Waals surface area contributed by atoms with Crippen molar-refractivity contribution in [2.24, 2.45) is 0 Å². The molecule has 162 valence electrons. The Morgan fingerprint density at radius 3 is 2.26 bits per heavy atom. The molecule has 31 heavy (non-hydrogen) atoms. The van der Waals surface area contributed by atoms with Crippen LogP contribution in [0.5, 0.6) is 5.75 Å². The molecule has 3 rings (SSSR count). The maximum atomic E-state index is 13.2. The molecule has 6 nitrogen and oxygen atoms in total. The van der Waals surface area contributed by atoms with Gasteiger partial charge in [-0.1, -0.05) is 61.2 Å². The van der Waals surface area contributed by atoms with Crippen LogP contribution in [0.1, 0.15) is 22.9 Å². The molecule has 1 amide bonds. The van der Waals surface area contributed by atoms with Gasteiger partial charge in [-0.2, -0.15) is 0 Å². The number of aromatic amines is 1. The Morgan fingerprint density at radius 1 is 1.03 bits per heavy atom. The van der Waals surface area contributed by atoms with Crippen molar-refractivity contribution in [2.45, 2.75) is 38.5 Å². The molecule has 0 spiro atoms. The average Bonchev–Trinajstić information content (AvgIpc) is 3.25. The number of ketones is 1. The average molecular weight is 436 g/mol. The number of ether oxygens (including phenoxy) is 1. The third kappa shape index (κ3) is 6.15. The Labute approximate surface area is 184 Å². The van der Waals surface area contributed by atoms with Gasteiger partial charge in [-0.05, 0) is 23.3 Å². The molecule has 0 fully saturated rings. The summed E-state index contributed by atoms with van der Waals surface area (Å²) in [5.74, 6) is 0.386. The summed E-state index contributed by atoms with van der Waals surface area (Å²) in [5.41, 5.74) is 2.36. The summed E-state index contributed by atoms with van der Waals surface area (Å²) >= 11 is 0. The molecule has 0 saturated carbocycles. The van der Waals surface area contributed by atoms with Gasteiger partial charge in [0.2, 0.25) is 5.91 Å². The van der Waals surface area contributed by atoms with Crippen LogP contribution in [0, 0.1) is 0 Å². The monoisotopic (exact) mass is 435 g/mol. The van der Waals surface area contributed by atoms with Gasteiger partial charge in [-0.25, -0.2) is 4.98 Å². The van der Waals surface area contributed by atoms with Crippen LogP contribution in [0.2, 0.25) is 19.6 Å². The molecule has 0 radical (unpaired) electrons. The van der Waals surface area contributed by atoms with Crippen LogP contribution in [0.15, 0.2) is 61.1 Å². The van der Waals surface area contributed by atoms with Crippen LogP contribution in [0.3, 0.4) is 0 Å². The van der Waals surface area contributed by atoms with Crippen molar-refractivity contribution in [3.8, 4) is 5.75 Å². The summed E-state index contributed by atoms with van der Waals surface area (Å²) in [7, 11) is 0.196. The number of rotatable bonds is 9. The first-order chi connectivity index (χ1) is 14.8. The molecule has 0 saturated heterocycles. The van der Waals surface area contributed by atoms with E-state index in [1.54, 1.807) is 25.4 Å². The molecule has 1 unspecified atom stereocenters. The number of aromatic nitrogens is 2. The lowest BCUT2D eigenvalue weighted by molar-refractivity contribution is -0.127. The molecule has 1 atom stereocenters. The Balaban J connectivity index is 1.78. The van der Waals surface area contributed by atoms with E-state index in [2.05, 4.69) is 47.1 Å².